The average molecular weight is 256 g/mol. The van der Waals surface area contributed by atoms with Gasteiger partial charge >= 0.3 is 18.0 Å². The first kappa shape index (κ1) is 13.9. The standard InChI is InChI=1S/C10H16N4O4/c1-5-14(6-7(15)16-2)8-11-9(17-3)13-10(12-8)18-4/h5-6H2,1-4H3. The van der Waals surface area contributed by atoms with E-state index in [1.165, 1.54) is 21.3 Å². The van der Waals surface area contributed by atoms with Gasteiger partial charge in [-0.3, -0.25) is 4.79 Å². The Bertz CT molecular complexity index is 391. The smallest absolute Gasteiger partial charge is 0.325 e. The second-order valence-electron chi connectivity index (χ2n) is 3.20. The maximum Gasteiger partial charge on any atom is 0.325 e. The van der Waals surface area contributed by atoms with Gasteiger partial charge in [-0.25, -0.2) is 0 Å². The summed E-state index contributed by atoms with van der Waals surface area (Å²) in [6.45, 7) is 2.44. The Balaban J connectivity index is 3.00. The summed E-state index contributed by atoms with van der Waals surface area (Å²) in [6, 6.07) is 0.250. The lowest BCUT2D eigenvalue weighted by Gasteiger charge is -2.19. The van der Waals surface area contributed by atoms with Crippen LogP contribution in [-0.4, -0.2) is 55.3 Å². The molecule has 0 spiro atoms. The monoisotopic (exact) mass is 256 g/mol. The fraction of sp³-hybridized carbons (Fsp3) is 0.600. The Morgan fingerprint density at radius 1 is 1.11 bits per heavy atom. The SMILES string of the molecule is CCN(CC(=O)OC)c1nc(OC)nc(OC)n1. The number of carbonyl (C=O) groups excluding carboxylic acids is 1. The highest BCUT2D eigenvalue weighted by Gasteiger charge is 2.16. The molecule has 0 bridgehead atoms. The zero-order valence-electron chi connectivity index (χ0n) is 10.8. The lowest BCUT2D eigenvalue weighted by atomic mass is 10.5. The molecule has 0 atom stereocenters. The molecule has 0 unspecified atom stereocenters. The molecule has 18 heavy (non-hydrogen) atoms. The van der Waals surface area contributed by atoms with Gasteiger partial charge in [0.25, 0.3) is 0 Å². The van der Waals surface area contributed by atoms with Crippen LogP contribution < -0.4 is 14.4 Å². The third-order valence-electron chi connectivity index (χ3n) is 2.16. The molecule has 1 heterocycles. The van der Waals surface area contributed by atoms with Crippen LogP contribution in [0.1, 0.15) is 6.92 Å². The number of carbonyl (C=O) groups is 1. The fourth-order valence-corrected chi connectivity index (χ4v) is 1.20. The van der Waals surface area contributed by atoms with Gasteiger partial charge in [0, 0.05) is 6.54 Å². The topological polar surface area (TPSA) is 86.7 Å². The molecule has 1 aromatic heterocycles. The van der Waals surface area contributed by atoms with Crippen LogP contribution in [-0.2, 0) is 9.53 Å². The van der Waals surface area contributed by atoms with Crippen molar-refractivity contribution in [3.05, 3.63) is 0 Å². The molecule has 0 amide bonds. The third kappa shape index (κ3) is 3.44. The Labute approximate surface area is 105 Å². The highest BCUT2D eigenvalue weighted by atomic mass is 16.5. The van der Waals surface area contributed by atoms with Crippen molar-refractivity contribution in [3.63, 3.8) is 0 Å². The van der Waals surface area contributed by atoms with E-state index in [1.807, 2.05) is 6.92 Å². The summed E-state index contributed by atoms with van der Waals surface area (Å²) in [5.74, 6) is -0.0817. The quantitative estimate of drug-likeness (QED) is 0.651. The maximum atomic E-state index is 11.3. The van der Waals surface area contributed by atoms with Crippen LogP contribution in [0.4, 0.5) is 5.95 Å². The first-order chi connectivity index (χ1) is 8.64. The number of esters is 1. The van der Waals surface area contributed by atoms with Crippen LogP contribution in [0.25, 0.3) is 0 Å². The van der Waals surface area contributed by atoms with Crippen molar-refractivity contribution in [2.45, 2.75) is 6.92 Å². The number of rotatable bonds is 6. The Kier molecular flexibility index (Phi) is 5.09. The molecule has 0 aliphatic rings. The summed E-state index contributed by atoms with van der Waals surface area (Å²) in [7, 11) is 4.20. The molecule has 0 saturated heterocycles. The van der Waals surface area contributed by atoms with E-state index in [0.717, 1.165) is 0 Å². The van der Waals surface area contributed by atoms with Gasteiger partial charge in [-0.15, -0.1) is 4.98 Å². The average Bonchev–Trinajstić information content (AvgIpc) is 2.43. The van der Waals surface area contributed by atoms with Crippen molar-refractivity contribution in [1.29, 1.82) is 0 Å². The van der Waals surface area contributed by atoms with Crippen LogP contribution >= 0.6 is 0 Å². The van der Waals surface area contributed by atoms with Gasteiger partial charge in [0.15, 0.2) is 0 Å². The first-order valence-corrected chi connectivity index (χ1v) is 5.30. The number of ether oxygens (including phenoxy) is 3. The molecule has 0 fully saturated rings. The van der Waals surface area contributed by atoms with Gasteiger partial charge in [0.05, 0.1) is 21.3 Å². The van der Waals surface area contributed by atoms with E-state index < -0.39 is 0 Å². The molecule has 8 nitrogen and oxygen atoms in total. The second-order valence-corrected chi connectivity index (χ2v) is 3.20. The largest absolute Gasteiger partial charge is 0.468 e. The van der Waals surface area contributed by atoms with Gasteiger partial charge < -0.3 is 19.1 Å². The van der Waals surface area contributed by atoms with Crippen molar-refractivity contribution >= 4 is 11.9 Å². The third-order valence-corrected chi connectivity index (χ3v) is 2.16. The van der Waals surface area contributed by atoms with Crippen LogP contribution in [0.3, 0.4) is 0 Å². The van der Waals surface area contributed by atoms with E-state index in [0.29, 0.717) is 12.5 Å². The summed E-state index contributed by atoms with van der Waals surface area (Å²) >= 11 is 0. The fourth-order valence-electron chi connectivity index (χ4n) is 1.20. The lowest BCUT2D eigenvalue weighted by Crippen LogP contribution is -2.32. The van der Waals surface area contributed by atoms with Gasteiger partial charge in [-0.1, -0.05) is 0 Å². The van der Waals surface area contributed by atoms with Crippen LogP contribution in [0.2, 0.25) is 0 Å². The number of hydrogen-bond acceptors (Lipinski definition) is 8. The summed E-state index contributed by atoms with van der Waals surface area (Å²) in [5, 5.41) is 0. The Morgan fingerprint density at radius 2 is 1.67 bits per heavy atom. The second kappa shape index (κ2) is 6.58. The summed E-state index contributed by atoms with van der Waals surface area (Å²) in [4.78, 5) is 24.9. The molecule has 100 valence electrons. The van der Waals surface area contributed by atoms with E-state index in [-0.39, 0.29) is 24.5 Å². The molecule has 1 aromatic rings. The van der Waals surface area contributed by atoms with Crippen molar-refractivity contribution in [2.24, 2.45) is 0 Å². The van der Waals surface area contributed by atoms with Crippen molar-refractivity contribution in [3.8, 4) is 12.0 Å². The van der Waals surface area contributed by atoms with Gasteiger partial charge in [0.2, 0.25) is 5.95 Å². The van der Waals surface area contributed by atoms with E-state index in [1.54, 1.807) is 4.90 Å². The predicted molar refractivity (Wildman–Crippen MR) is 62.8 cm³/mol. The van der Waals surface area contributed by atoms with Crippen molar-refractivity contribution in [2.75, 3.05) is 39.3 Å². The number of aromatic nitrogens is 3. The van der Waals surface area contributed by atoms with Crippen molar-refractivity contribution < 1.29 is 19.0 Å². The predicted octanol–water partition coefficient (Wildman–Crippen LogP) is -0.112. The first-order valence-electron chi connectivity index (χ1n) is 5.30. The number of anilines is 1. The van der Waals surface area contributed by atoms with Crippen molar-refractivity contribution in [1.82, 2.24) is 15.0 Å². The zero-order valence-corrected chi connectivity index (χ0v) is 10.8. The van der Waals surface area contributed by atoms with Crippen LogP contribution in [0.5, 0.6) is 12.0 Å². The maximum absolute atomic E-state index is 11.3. The number of nitrogens with zero attached hydrogens (tertiary/aromatic N) is 4. The minimum Gasteiger partial charge on any atom is -0.468 e. The molecule has 0 aliphatic heterocycles. The Hall–Kier alpha value is -2.12. The van der Waals surface area contributed by atoms with E-state index >= 15 is 0 Å². The highest BCUT2D eigenvalue weighted by Crippen LogP contribution is 2.15. The summed E-state index contributed by atoms with van der Waals surface area (Å²) in [6.07, 6.45) is 0. The summed E-state index contributed by atoms with van der Waals surface area (Å²) < 4.78 is 14.5. The van der Waals surface area contributed by atoms with Gasteiger partial charge in [-0.05, 0) is 6.92 Å². The van der Waals surface area contributed by atoms with E-state index in [4.69, 9.17) is 9.47 Å². The number of hydrogen-bond donors (Lipinski definition) is 0. The van der Waals surface area contributed by atoms with Gasteiger partial charge in [-0.2, -0.15) is 9.97 Å². The normalized spacial score (nSPS) is 9.78. The van der Waals surface area contributed by atoms with E-state index in [9.17, 15) is 4.79 Å². The molecule has 1 rings (SSSR count). The molecule has 0 N–H and O–H groups in total. The van der Waals surface area contributed by atoms with Crippen LogP contribution in [0, 0.1) is 0 Å². The van der Waals surface area contributed by atoms with E-state index in [2.05, 4.69) is 19.7 Å². The lowest BCUT2D eigenvalue weighted by molar-refractivity contribution is -0.138. The molecule has 0 saturated carbocycles. The molecule has 0 aromatic carbocycles. The number of likely N-dealkylation sites (N-methyl/N-ethyl adjacent to an activating group) is 1. The molecule has 0 aliphatic carbocycles. The summed E-state index contributed by atoms with van der Waals surface area (Å²) in [5.41, 5.74) is 0. The number of methoxy groups -OCH3 is 3. The Morgan fingerprint density at radius 3 is 2.06 bits per heavy atom. The highest BCUT2D eigenvalue weighted by molar-refractivity contribution is 5.74. The minimum atomic E-state index is -0.379. The molecule has 0 radical (unpaired) electrons. The molecular formula is C10H16N4O4. The molecule has 8 heteroatoms. The molecular weight excluding hydrogens is 240 g/mol. The zero-order chi connectivity index (χ0) is 13.5. The minimum absolute atomic E-state index is 0.0450. The van der Waals surface area contributed by atoms with Gasteiger partial charge in [0.1, 0.15) is 6.54 Å². The van der Waals surface area contributed by atoms with Crippen LogP contribution in [0.15, 0.2) is 0 Å².